The van der Waals surface area contributed by atoms with E-state index in [1.807, 2.05) is 0 Å². The van der Waals surface area contributed by atoms with E-state index in [-0.39, 0.29) is 0 Å². The van der Waals surface area contributed by atoms with E-state index in [9.17, 15) is 0 Å². The van der Waals surface area contributed by atoms with Gasteiger partial charge in [-0.1, -0.05) is 0 Å². The van der Waals surface area contributed by atoms with Gasteiger partial charge in [-0.25, -0.2) is 0 Å². The van der Waals surface area contributed by atoms with Crippen LogP contribution in [0, 0.1) is 0 Å². The van der Waals surface area contributed by atoms with E-state index in [2.05, 4.69) is 11.6 Å². The molecule has 0 saturated carbocycles. The first-order valence-electron chi connectivity index (χ1n) is 2.81. The van der Waals surface area contributed by atoms with Crippen LogP contribution >= 0.6 is 0 Å². The molecule has 0 amide bonds. The summed E-state index contributed by atoms with van der Waals surface area (Å²) in [5.41, 5.74) is 0. The van der Waals surface area contributed by atoms with Gasteiger partial charge in [-0.2, -0.15) is 0 Å². The minimum absolute atomic E-state index is 0.881. The van der Waals surface area contributed by atoms with Crippen LogP contribution < -0.4 is 0 Å². The van der Waals surface area contributed by atoms with Gasteiger partial charge < -0.3 is 0 Å². The molecule has 0 fully saturated rings. The number of rotatable bonds is 4. The summed E-state index contributed by atoms with van der Waals surface area (Å²) in [5.74, 6) is 0. The Balaban J connectivity index is 2.86. The third-order valence-electron chi connectivity index (χ3n) is 0.797. The second-order valence-electron chi connectivity index (χ2n) is 1.54. The molecule has 2 nitrogen and oxygen atoms in total. The maximum absolute atomic E-state index is 5.33. The summed E-state index contributed by atoms with van der Waals surface area (Å²) in [5, 5.41) is 0. The topological polar surface area (TPSA) is 18.5 Å². The predicted octanol–water partition coefficient (Wildman–Crippen LogP) is 1.56. The van der Waals surface area contributed by atoms with Crippen molar-refractivity contribution in [1.29, 1.82) is 0 Å². The van der Waals surface area contributed by atoms with E-state index in [0.717, 1.165) is 13.0 Å². The van der Waals surface area contributed by atoms with Gasteiger partial charge in [-0.3, -0.25) is 0 Å². The fourth-order valence-corrected chi connectivity index (χ4v) is 2.49. The molecular formula is C5H13HfO2. The van der Waals surface area contributed by atoms with E-state index in [0.29, 0.717) is 0 Å². The zero-order chi connectivity index (χ0) is 6.41. The van der Waals surface area contributed by atoms with Crippen molar-refractivity contribution in [3.05, 3.63) is 0 Å². The molecule has 0 N–H and O–H groups in total. The molecule has 0 aliphatic carbocycles. The summed E-state index contributed by atoms with van der Waals surface area (Å²) in [6.45, 7) is 2.99. The number of hydrogen-bond donors (Lipinski definition) is 0. The third-order valence-corrected chi connectivity index (χ3v) is 5.06. The molecule has 0 aromatic carbocycles. The summed E-state index contributed by atoms with van der Waals surface area (Å²) in [7, 11) is 1.73. The second kappa shape index (κ2) is 5.92. The summed E-state index contributed by atoms with van der Waals surface area (Å²) in [6, 6.07) is 0. The molecule has 0 rings (SSSR count). The van der Waals surface area contributed by atoms with E-state index in [1.54, 1.807) is 7.11 Å². The van der Waals surface area contributed by atoms with Gasteiger partial charge in [0, 0.05) is 0 Å². The Kier molecular flexibility index (Phi) is 6.50. The van der Waals surface area contributed by atoms with Crippen LogP contribution in [0.5, 0.6) is 0 Å². The van der Waals surface area contributed by atoms with Gasteiger partial charge >= 0.3 is 59.8 Å². The van der Waals surface area contributed by atoms with Crippen molar-refractivity contribution >= 4 is 0 Å². The maximum atomic E-state index is 5.33. The summed E-state index contributed by atoms with van der Waals surface area (Å²) >= 11 is -1.81. The summed E-state index contributed by atoms with van der Waals surface area (Å²) < 4.78 is 12.5. The van der Waals surface area contributed by atoms with Crippen molar-refractivity contribution < 1.29 is 28.0 Å². The van der Waals surface area contributed by atoms with Gasteiger partial charge in [-0.05, 0) is 0 Å². The molecule has 0 aromatic heterocycles. The van der Waals surface area contributed by atoms with E-state index in [4.69, 9.17) is 5.71 Å². The molecule has 3 heteroatoms. The van der Waals surface area contributed by atoms with Crippen molar-refractivity contribution in [3.63, 3.8) is 0 Å². The Labute approximate surface area is 59.9 Å². The van der Waals surface area contributed by atoms with Gasteiger partial charge in [0.25, 0.3) is 0 Å². The molecule has 0 bridgehead atoms. The van der Waals surface area contributed by atoms with E-state index < -0.39 is 22.3 Å². The van der Waals surface area contributed by atoms with Gasteiger partial charge in [0.15, 0.2) is 0 Å². The van der Waals surface area contributed by atoms with Crippen LogP contribution in [0.15, 0.2) is 0 Å². The van der Waals surface area contributed by atoms with Crippen LogP contribution in [0.3, 0.4) is 0 Å². The first-order chi connectivity index (χ1) is 3.81. The van der Waals surface area contributed by atoms with Gasteiger partial charge in [0.05, 0.1) is 0 Å². The fraction of sp³-hybridized carbons (Fsp3) is 1.00. The van der Waals surface area contributed by atoms with Gasteiger partial charge in [0.2, 0.25) is 0 Å². The Morgan fingerprint density at radius 2 is 2.12 bits per heavy atom. The van der Waals surface area contributed by atoms with Crippen molar-refractivity contribution in [1.82, 2.24) is 0 Å². The average Bonchev–Trinajstić information content (AvgIpc) is 1.83. The molecule has 0 saturated heterocycles. The Morgan fingerprint density at radius 3 is 2.50 bits per heavy atom. The molecule has 49 valence electrons. The molecule has 0 aliphatic rings. The molecule has 0 radical (unpaired) electrons. The fourth-order valence-electron chi connectivity index (χ4n) is 0.305. The second-order valence-corrected chi connectivity index (χ2v) is 7.58. The van der Waals surface area contributed by atoms with Crippen molar-refractivity contribution in [2.24, 2.45) is 0 Å². The zero-order valence-corrected chi connectivity index (χ0v) is 9.32. The van der Waals surface area contributed by atoms with Crippen LogP contribution in [0.4, 0.5) is 0 Å². The van der Waals surface area contributed by atoms with E-state index in [1.165, 1.54) is 0 Å². The molecule has 0 aromatic rings. The van der Waals surface area contributed by atoms with Crippen molar-refractivity contribution in [3.8, 4) is 0 Å². The normalized spacial score (nSPS) is 9.38. The molecular weight excluding hydrogens is 271 g/mol. The molecule has 0 spiro atoms. The predicted molar refractivity (Wildman–Crippen MR) is 29.1 cm³/mol. The summed E-state index contributed by atoms with van der Waals surface area (Å²) in [4.78, 5) is 0. The monoisotopic (exact) mass is 285 g/mol. The molecule has 8 heavy (non-hydrogen) atoms. The van der Waals surface area contributed by atoms with Crippen LogP contribution in [-0.2, 0) is 28.0 Å². The minimum atomic E-state index is -1.81. The third kappa shape index (κ3) is 4.94. The first-order valence-corrected chi connectivity index (χ1v) is 9.34. The molecule has 0 aliphatic heterocycles. The SMILES string of the molecule is CCC[O][Hf]([CH3])[O]C. The van der Waals surface area contributed by atoms with Gasteiger partial charge in [-0.15, -0.1) is 0 Å². The Bertz CT molecular complexity index is 49.7. The quantitative estimate of drug-likeness (QED) is 0.729. The van der Waals surface area contributed by atoms with Crippen molar-refractivity contribution in [2.75, 3.05) is 13.7 Å². The molecule has 0 unspecified atom stereocenters. The average molecular weight is 284 g/mol. The molecule has 0 heterocycles. The number of hydrogen-bond acceptors (Lipinski definition) is 2. The van der Waals surface area contributed by atoms with Crippen LogP contribution in [0.25, 0.3) is 0 Å². The first kappa shape index (κ1) is 8.79. The van der Waals surface area contributed by atoms with E-state index >= 15 is 0 Å². The Hall–Kier alpha value is 0.790. The van der Waals surface area contributed by atoms with Crippen LogP contribution in [0.2, 0.25) is 4.68 Å². The Morgan fingerprint density at radius 1 is 1.50 bits per heavy atom. The van der Waals surface area contributed by atoms with Crippen LogP contribution in [-0.4, -0.2) is 13.7 Å². The van der Waals surface area contributed by atoms with Gasteiger partial charge in [0.1, 0.15) is 0 Å². The summed E-state index contributed by atoms with van der Waals surface area (Å²) in [6.07, 6.45) is 1.10. The van der Waals surface area contributed by atoms with Crippen LogP contribution in [0.1, 0.15) is 13.3 Å². The zero-order valence-electron chi connectivity index (χ0n) is 5.73. The standard InChI is InChI=1S/C3H7O.CH3O.CH3.Hf/c1-2-3-4;1-2;;/h2-3H2,1H3;1H3;1H3;/q2*-1;;+2. The van der Waals surface area contributed by atoms with Crippen molar-refractivity contribution in [2.45, 2.75) is 18.0 Å². The molecule has 0 atom stereocenters.